The minimum Gasteiger partial charge on any atom is -0.320 e. The van der Waals surface area contributed by atoms with Crippen LogP contribution in [0.1, 0.15) is 53.5 Å². The smallest absolute Gasteiger partial charge is 0.0558 e. The van der Waals surface area contributed by atoms with Crippen LogP contribution < -0.4 is 5.73 Å². The van der Waals surface area contributed by atoms with Crippen LogP contribution in [0.3, 0.4) is 0 Å². The lowest BCUT2D eigenvalue weighted by Gasteiger charge is -2.30. The fraction of sp³-hybridized carbons (Fsp3) is 0.353. The van der Waals surface area contributed by atoms with Crippen LogP contribution in [0.25, 0.3) is 0 Å². The number of aryl methyl sites for hydroxylation is 1. The fourth-order valence-electron chi connectivity index (χ4n) is 2.89. The van der Waals surface area contributed by atoms with Gasteiger partial charge in [-0.05, 0) is 54.0 Å². The van der Waals surface area contributed by atoms with Gasteiger partial charge >= 0.3 is 0 Å². The highest BCUT2D eigenvalue weighted by Gasteiger charge is 2.24. The molecular formula is C17H20N2. The van der Waals surface area contributed by atoms with Gasteiger partial charge in [-0.1, -0.05) is 30.7 Å². The number of aromatic nitrogens is 1. The van der Waals surface area contributed by atoms with E-state index in [0.717, 1.165) is 0 Å². The second-order valence-electron chi connectivity index (χ2n) is 5.47. The quantitative estimate of drug-likeness (QED) is 0.904. The zero-order valence-corrected chi connectivity index (χ0v) is 11.3. The van der Waals surface area contributed by atoms with E-state index in [1.807, 2.05) is 18.5 Å². The summed E-state index contributed by atoms with van der Waals surface area (Å²) in [6.45, 7) is 2.08. The van der Waals surface area contributed by atoms with Gasteiger partial charge in [0, 0.05) is 12.4 Å². The van der Waals surface area contributed by atoms with Gasteiger partial charge < -0.3 is 5.73 Å². The summed E-state index contributed by atoms with van der Waals surface area (Å²) in [5.41, 5.74) is 11.6. The fourth-order valence-corrected chi connectivity index (χ4v) is 2.89. The molecule has 19 heavy (non-hydrogen) atoms. The van der Waals surface area contributed by atoms with E-state index in [2.05, 4.69) is 36.2 Å². The molecule has 2 N–H and O–H groups in total. The Kier molecular flexibility index (Phi) is 3.34. The summed E-state index contributed by atoms with van der Waals surface area (Å²) in [5, 5.41) is 0. The molecule has 98 valence electrons. The molecule has 1 heterocycles. The number of benzene rings is 1. The Balaban J connectivity index is 2.00. The van der Waals surface area contributed by atoms with Crippen molar-refractivity contribution in [2.75, 3.05) is 0 Å². The number of rotatable bonds is 3. The van der Waals surface area contributed by atoms with Gasteiger partial charge in [-0.2, -0.15) is 0 Å². The third kappa shape index (κ3) is 2.28. The van der Waals surface area contributed by atoms with Gasteiger partial charge in [-0.25, -0.2) is 0 Å². The summed E-state index contributed by atoms with van der Waals surface area (Å²) in [7, 11) is 0. The normalized spacial score (nSPS) is 16.9. The van der Waals surface area contributed by atoms with Crippen LogP contribution in [0, 0.1) is 6.92 Å². The minimum absolute atomic E-state index is 0.0419. The van der Waals surface area contributed by atoms with Gasteiger partial charge in [0.2, 0.25) is 0 Å². The first-order valence-corrected chi connectivity index (χ1v) is 7.02. The van der Waals surface area contributed by atoms with Crippen molar-refractivity contribution in [2.24, 2.45) is 5.73 Å². The summed E-state index contributed by atoms with van der Waals surface area (Å²) >= 11 is 0. The summed E-state index contributed by atoms with van der Waals surface area (Å²) in [5.74, 6) is 0.712. The van der Waals surface area contributed by atoms with E-state index in [9.17, 15) is 0 Å². The maximum Gasteiger partial charge on any atom is 0.0558 e. The molecule has 0 aliphatic heterocycles. The number of hydrogen-bond donors (Lipinski definition) is 1. The highest BCUT2D eigenvalue weighted by molar-refractivity contribution is 5.41. The van der Waals surface area contributed by atoms with Crippen molar-refractivity contribution in [1.29, 1.82) is 0 Å². The Hall–Kier alpha value is -1.67. The molecule has 1 aromatic carbocycles. The highest BCUT2D eigenvalue weighted by atomic mass is 14.7. The van der Waals surface area contributed by atoms with Crippen LogP contribution >= 0.6 is 0 Å². The summed E-state index contributed by atoms with van der Waals surface area (Å²) in [6.07, 6.45) is 7.68. The molecule has 1 aliphatic carbocycles. The first-order valence-electron chi connectivity index (χ1n) is 7.02. The average molecular weight is 252 g/mol. The molecule has 1 aromatic heterocycles. The van der Waals surface area contributed by atoms with Crippen molar-refractivity contribution in [3.63, 3.8) is 0 Å². The summed E-state index contributed by atoms with van der Waals surface area (Å²) < 4.78 is 0. The molecule has 1 aliphatic rings. The van der Waals surface area contributed by atoms with Crippen LogP contribution in [0.2, 0.25) is 0 Å². The van der Waals surface area contributed by atoms with Gasteiger partial charge in [-0.3, -0.25) is 4.98 Å². The first-order chi connectivity index (χ1) is 9.27. The van der Waals surface area contributed by atoms with E-state index in [1.165, 1.54) is 41.5 Å². The third-order valence-corrected chi connectivity index (χ3v) is 4.27. The topological polar surface area (TPSA) is 38.9 Å². The van der Waals surface area contributed by atoms with Crippen molar-refractivity contribution >= 4 is 0 Å². The highest BCUT2D eigenvalue weighted by Crippen LogP contribution is 2.40. The SMILES string of the molecule is Cc1cnccc1C(N)c1ccccc1C1CCC1. The van der Waals surface area contributed by atoms with E-state index < -0.39 is 0 Å². The largest absolute Gasteiger partial charge is 0.320 e. The Morgan fingerprint density at radius 2 is 1.95 bits per heavy atom. The van der Waals surface area contributed by atoms with Gasteiger partial charge in [-0.15, -0.1) is 0 Å². The molecule has 0 amide bonds. The molecule has 1 fully saturated rings. The Bertz CT molecular complexity index is 573. The summed E-state index contributed by atoms with van der Waals surface area (Å²) in [6, 6.07) is 10.6. The van der Waals surface area contributed by atoms with Gasteiger partial charge in [0.15, 0.2) is 0 Å². The van der Waals surface area contributed by atoms with E-state index >= 15 is 0 Å². The second kappa shape index (κ2) is 5.14. The van der Waals surface area contributed by atoms with E-state index in [0.29, 0.717) is 5.92 Å². The molecule has 2 nitrogen and oxygen atoms in total. The van der Waals surface area contributed by atoms with Crippen molar-refractivity contribution in [1.82, 2.24) is 4.98 Å². The zero-order chi connectivity index (χ0) is 13.2. The summed E-state index contributed by atoms with van der Waals surface area (Å²) in [4.78, 5) is 4.15. The number of nitrogens with two attached hydrogens (primary N) is 1. The lowest BCUT2D eigenvalue weighted by atomic mass is 9.76. The average Bonchev–Trinajstić information content (AvgIpc) is 2.37. The molecule has 1 unspecified atom stereocenters. The maximum absolute atomic E-state index is 6.51. The molecular weight excluding hydrogens is 232 g/mol. The van der Waals surface area contributed by atoms with Gasteiger partial charge in [0.1, 0.15) is 0 Å². The van der Waals surface area contributed by atoms with Crippen LogP contribution in [-0.2, 0) is 0 Å². The predicted octanol–water partition coefficient (Wildman–Crippen LogP) is 3.71. The molecule has 0 spiro atoms. The Labute approximate surface area is 114 Å². The standard InChI is InChI=1S/C17H20N2/c1-12-11-19-10-9-14(12)17(18)16-8-3-2-7-15(16)13-5-4-6-13/h2-3,7-11,13,17H,4-6,18H2,1H3. The molecule has 1 saturated carbocycles. The molecule has 2 aromatic rings. The Morgan fingerprint density at radius 3 is 2.63 bits per heavy atom. The van der Waals surface area contributed by atoms with Crippen molar-refractivity contribution in [3.8, 4) is 0 Å². The van der Waals surface area contributed by atoms with E-state index in [-0.39, 0.29) is 6.04 Å². The lowest BCUT2D eigenvalue weighted by Crippen LogP contribution is -2.19. The number of nitrogens with zero attached hydrogens (tertiary/aromatic N) is 1. The number of hydrogen-bond acceptors (Lipinski definition) is 2. The van der Waals surface area contributed by atoms with Crippen molar-refractivity contribution in [2.45, 2.75) is 38.1 Å². The molecule has 0 saturated heterocycles. The Morgan fingerprint density at radius 1 is 1.16 bits per heavy atom. The molecule has 1 atom stereocenters. The third-order valence-electron chi connectivity index (χ3n) is 4.27. The van der Waals surface area contributed by atoms with Crippen LogP contribution in [0.4, 0.5) is 0 Å². The van der Waals surface area contributed by atoms with Crippen molar-refractivity contribution in [3.05, 3.63) is 65.0 Å². The number of pyridine rings is 1. The molecule has 3 rings (SSSR count). The molecule has 2 heteroatoms. The first kappa shape index (κ1) is 12.4. The molecule has 0 bridgehead atoms. The van der Waals surface area contributed by atoms with Crippen LogP contribution in [0.5, 0.6) is 0 Å². The van der Waals surface area contributed by atoms with Crippen LogP contribution in [-0.4, -0.2) is 4.98 Å². The van der Waals surface area contributed by atoms with Crippen LogP contribution in [0.15, 0.2) is 42.7 Å². The van der Waals surface area contributed by atoms with Gasteiger partial charge in [0.25, 0.3) is 0 Å². The van der Waals surface area contributed by atoms with E-state index in [4.69, 9.17) is 5.73 Å². The minimum atomic E-state index is -0.0419. The second-order valence-corrected chi connectivity index (χ2v) is 5.47. The van der Waals surface area contributed by atoms with Gasteiger partial charge in [0.05, 0.1) is 6.04 Å². The van der Waals surface area contributed by atoms with E-state index in [1.54, 1.807) is 0 Å². The predicted molar refractivity (Wildman–Crippen MR) is 78.0 cm³/mol. The maximum atomic E-state index is 6.51. The molecule has 0 radical (unpaired) electrons. The van der Waals surface area contributed by atoms with Crippen molar-refractivity contribution < 1.29 is 0 Å². The zero-order valence-electron chi connectivity index (χ0n) is 11.3. The monoisotopic (exact) mass is 252 g/mol. The lowest BCUT2D eigenvalue weighted by molar-refractivity contribution is 0.416.